The van der Waals surface area contributed by atoms with Crippen LogP contribution in [0, 0.1) is 5.92 Å². The lowest BCUT2D eigenvalue weighted by Gasteiger charge is -2.29. The number of rotatable bonds is 3. The van der Waals surface area contributed by atoms with Crippen molar-refractivity contribution in [2.75, 3.05) is 0 Å². The molecule has 1 aliphatic carbocycles. The predicted molar refractivity (Wildman–Crippen MR) is 80.3 cm³/mol. The Morgan fingerprint density at radius 3 is 2.60 bits per heavy atom. The molecule has 1 fully saturated rings. The molecule has 0 saturated heterocycles. The van der Waals surface area contributed by atoms with E-state index in [0.717, 1.165) is 45.1 Å². The van der Waals surface area contributed by atoms with E-state index >= 15 is 0 Å². The molecule has 0 amide bonds. The average Bonchev–Trinajstić information content (AvgIpc) is 2.49. The van der Waals surface area contributed by atoms with Crippen LogP contribution in [0.2, 0.25) is 0 Å². The third-order valence-corrected chi connectivity index (χ3v) is 4.85. The van der Waals surface area contributed by atoms with Gasteiger partial charge in [0.15, 0.2) is 0 Å². The predicted octanol–water partition coefficient (Wildman–Crippen LogP) is 2.18. The maximum Gasteiger partial charge on any atom is 0.150 e. The third-order valence-electron chi connectivity index (χ3n) is 4.85. The molecule has 0 aromatic heterocycles. The Kier molecular flexibility index (Phi) is 4.18. The van der Waals surface area contributed by atoms with Gasteiger partial charge in [-0.25, -0.2) is 0 Å². The van der Waals surface area contributed by atoms with E-state index in [4.69, 9.17) is 5.73 Å². The van der Waals surface area contributed by atoms with Gasteiger partial charge in [0.25, 0.3) is 0 Å². The Bertz CT molecular complexity index is 478. The standard InChI is InChI=1S/C17H24N2O/c18-15-7-5-12(6-8-15)9-17(20)16-10-13-3-1-2-4-14(13)11-19-16/h1-4,12,15-16,19H,5-11,18H2/t12?,15?,16-/m1/s1. The smallest absolute Gasteiger partial charge is 0.150 e. The van der Waals surface area contributed by atoms with Gasteiger partial charge in [0.2, 0.25) is 0 Å². The zero-order chi connectivity index (χ0) is 13.9. The molecular weight excluding hydrogens is 248 g/mol. The highest BCUT2D eigenvalue weighted by Crippen LogP contribution is 2.27. The van der Waals surface area contributed by atoms with E-state index in [1.54, 1.807) is 0 Å². The van der Waals surface area contributed by atoms with E-state index in [0.29, 0.717) is 17.7 Å². The Labute approximate surface area is 120 Å². The molecule has 1 aliphatic heterocycles. The highest BCUT2D eigenvalue weighted by Gasteiger charge is 2.27. The van der Waals surface area contributed by atoms with Crippen molar-refractivity contribution in [2.24, 2.45) is 11.7 Å². The Morgan fingerprint density at radius 1 is 1.15 bits per heavy atom. The lowest BCUT2D eigenvalue weighted by atomic mass is 9.81. The van der Waals surface area contributed by atoms with Gasteiger partial charge in [0, 0.05) is 19.0 Å². The number of nitrogens with two attached hydrogens (primary N) is 1. The molecule has 3 rings (SSSR count). The first-order valence-electron chi connectivity index (χ1n) is 7.81. The van der Waals surface area contributed by atoms with Crippen molar-refractivity contribution < 1.29 is 4.79 Å². The molecule has 1 saturated carbocycles. The SMILES string of the molecule is NC1CCC(CC(=O)[C@H]2Cc3ccccc3CN2)CC1. The minimum Gasteiger partial charge on any atom is -0.328 e. The van der Waals surface area contributed by atoms with Gasteiger partial charge in [0.1, 0.15) is 5.78 Å². The summed E-state index contributed by atoms with van der Waals surface area (Å²) in [5, 5.41) is 3.40. The van der Waals surface area contributed by atoms with E-state index in [9.17, 15) is 4.79 Å². The van der Waals surface area contributed by atoms with Gasteiger partial charge in [-0.1, -0.05) is 24.3 Å². The normalized spacial score (nSPS) is 29.8. The van der Waals surface area contributed by atoms with Crippen LogP contribution in [-0.4, -0.2) is 17.9 Å². The monoisotopic (exact) mass is 272 g/mol. The number of ketones is 1. The second-order valence-electron chi connectivity index (χ2n) is 6.36. The second kappa shape index (κ2) is 6.06. The van der Waals surface area contributed by atoms with E-state index < -0.39 is 0 Å². The third kappa shape index (κ3) is 3.10. The van der Waals surface area contributed by atoms with Crippen LogP contribution >= 0.6 is 0 Å². The molecule has 1 heterocycles. The summed E-state index contributed by atoms with van der Waals surface area (Å²) >= 11 is 0. The number of benzene rings is 1. The molecule has 1 aromatic rings. The number of nitrogens with one attached hydrogen (secondary N) is 1. The molecule has 0 bridgehead atoms. The van der Waals surface area contributed by atoms with Gasteiger partial charge in [-0.3, -0.25) is 4.79 Å². The van der Waals surface area contributed by atoms with Crippen molar-refractivity contribution in [3.05, 3.63) is 35.4 Å². The maximum atomic E-state index is 12.5. The van der Waals surface area contributed by atoms with Crippen LogP contribution in [0.4, 0.5) is 0 Å². The molecular formula is C17H24N2O. The molecule has 2 aliphatic rings. The number of Topliss-reactive ketones (excluding diaryl/α,β-unsaturated/α-hetero) is 1. The zero-order valence-corrected chi connectivity index (χ0v) is 12.0. The molecule has 3 N–H and O–H groups in total. The molecule has 20 heavy (non-hydrogen) atoms. The number of carbonyl (C=O) groups is 1. The van der Waals surface area contributed by atoms with Crippen molar-refractivity contribution >= 4 is 5.78 Å². The van der Waals surface area contributed by atoms with E-state index in [-0.39, 0.29) is 6.04 Å². The lowest BCUT2D eigenvalue weighted by molar-refractivity contribution is -0.122. The van der Waals surface area contributed by atoms with E-state index in [1.807, 2.05) is 0 Å². The summed E-state index contributed by atoms with van der Waals surface area (Å²) in [6.07, 6.45) is 5.98. The molecule has 108 valence electrons. The maximum absolute atomic E-state index is 12.5. The van der Waals surface area contributed by atoms with Crippen LogP contribution in [-0.2, 0) is 17.8 Å². The van der Waals surface area contributed by atoms with Gasteiger partial charge >= 0.3 is 0 Å². The summed E-state index contributed by atoms with van der Waals surface area (Å²) in [5.41, 5.74) is 8.59. The van der Waals surface area contributed by atoms with E-state index in [2.05, 4.69) is 29.6 Å². The topological polar surface area (TPSA) is 55.1 Å². The van der Waals surface area contributed by atoms with Crippen LogP contribution in [0.3, 0.4) is 0 Å². The fourth-order valence-electron chi connectivity index (χ4n) is 3.50. The molecule has 3 nitrogen and oxygen atoms in total. The largest absolute Gasteiger partial charge is 0.328 e. The Hall–Kier alpha value is -1.19. The quantitative estimate of drug-likeness (QED) is 0.886. The second-order valence-corrected chi connectivity index (χ2v) is 6.36. The summed E-state index contributed by atoms with van der Waals surface area (Å²) in [4.78, 5) is 12.5. The average molecular weight is 272 g/mol. The Balaban J connectivity index is 1.56. The van der Waals surface area contributed by atoms with Gasteiger partial charge in [0.05, 0.1) is 6.04 Å². The van der Waals surface area contributed by atoms with Crippen LogP contribution in [0.5, 0.6) is 0 Å². The summed E-state index contributed by atoms with van der Waals surface area (Å²) in [6.45, 7) is 0.822. The summed E-state index contributed by atoms with van der Waals surface area (Å²) in [7, 11) is 0. The number of fused-ring (bicyclic) bond motifs is 1. The number of hydrogen-bond acceptors (Lipinski definition) is 3. The van der Waals surface area contributed by atoms with Crippen LogP contribution in [0.15, 0.2) is 24.3 Å². The van der Waals surface area contributed by atoms with Crippen molar-refractivity contribution in [3.8, 4) is 0 Å². The zero-order valence-electron chi connectivity index (χ0n) is 12.0. The molecule has 1 aromatic carbocycles. The molecule has 0 unspecified atom stereocenters. The van der Waals surface area contributed by atoms with Gasteiger partial charge < -0.3 is 11.1 Å². The van der Waals surface area contributed by atoms with Crippen molar-refractivity contribution in [1.82, 2.24) is 5.32 Å². The Morgan fingerprint density at radius 2 is 1.85 bits per heavy atom. The summed E-state index contributed by atoms with van der Waals surface area (Å²) in [5.74, 6) is 0.946. The first-order valence-corrected chi connectivity index (χ1v) is 7.81. The molecule has 1 atom stereocenters. The molecule has 0 radical (unpaired) electrons. The fourth-order valence-corrected chi connectivity index (χ4v) is 3.50. The van der Waals surface area contributed by atoms with Crippen molar-refractivity contribution in [2.45, 2.75) is 57.2 Å². The first kappa shape index (κ1) is 13.8. The van der Waals surface area contributed by atoms with Crippen LogP contribution in [0.25, 0.3) is 0 Å². The van der Waals surface area contributed by atoms with Crippen molar-refractivity contribution in [3.63, 3.8) is 0 Å². The highest BCUT2D eigenvalue weighted by atomic mass is 16.1. The minimum atomic E-state index is 0.0144. The number of carbonyl (C=O) groups excluding carboxylic acids is 1. The van der Waals surface area contributed by atoms with Gasteiger partial charge in [-0.15, -0.1) is 0 Å². The fraction of sp³-hybridized carbons (Fsp3) is 0.588. The molecule has 3 heteroatoms. The summed E-state index contributed by atoms with van der Waals surface area (Å²) in [6, 6.07) is 8.80. The van der Waals surface area contributed by atoms with Crippen LogP contribution < -0.4 is 11.1 Å². The molecule has 0 spiro atoms. The summed E-state index contributed by atoms with van der Waals surface area (Å²) < 4.78 is 0. The van der Waals surface area contributed by atoms with Gasteiger partial charge in [-0.2, -0.15) is 0 Å². The lowest BCUT2D eigenvalue weighted by Crippen LogP contribution is -2.42. The van der Waals surface area contributed by atoms with Gasteiger partial charge in [-0.05, 0) is 49.1 Å². The van der Waals surface area contributed by atoms with Crippen LogP contribution in [0.1, 0.15) is 43.2 Å². The number of hydrogen-bond donors (Lipinski definition) is 2. The minimum absolute atomic E-state index is 0.0144. The van der Waals surface area contributed by atoms with E-state index in [1.165, 1.54) is 11.1 Å². The first-order chi connectivity index (χ1) is 9.72. The van der Waals surface area contributed by atoms with Crippen molar-refractivity contribution in [1.29, 1.82) is 0 Å². The highest BCUT2D eigenvalue weighted by molar-refractivity contribution is 5.84.